The Morgan fingerprint density at radius 2 is 2.15 bits per heavy atom. The van der Waals surface area contributed by atoms with Crippen LogP contribution in [-0.2, 0) is 4.79 Å². The fourth-order valence-electron chi connectivity index (χ4n) is 3.04. The van der Waals surface area contributed by atoms with Gasteiger partial charge >= 0.3 is 0 Å². The molecule has 1 unspecified atom stereocenters. The van der Waals surface area contributed by atoms with Crippen molar-refractivity contribution in [3.8, 4) is 0 Å². The lowest BCUT2D eigenvalue weighted by Crippen LogP contribution is -2.47. The molecule has 0 bridgehead atoms. The van der Waals surface area contributed by atoms with Crippen molar-refractivity contribution in [2.75, 3.05) is 26.7 Å². The minimum Gasteiger partial charge on any atom is -0.370 e. The Hall–Kier alpha value is -1.26. The summed E-state index contributed by atoms with van der Waals surface area (Å²) in [7, 11) is 1.83. The quantitative estimate of drug-likeness (QED) is 0.438. The molecule has 0 spiro atoms. The Morgan fingerprint density at radius 1 is 1.35 bits per heavy atom. The molecule has 1 aliphatic heterocycles. The summed E-state index contributed by atoms with van der Waals surface area (Å²) < 4.78 is 0. The third-order valence-electron chi connectivity index (χ3n) is 4.29. The molecule has 1 aliphatic carbocycles. The molecule has 0 aromatic heterocycles. The number of likely N-dealkylation sites (tertiary alicyclic amines) is 1. The Kier molecular flexibility index (Phi) is 5.68. The molecule has 2 fully saturated rings. The summed E-state index contributed by atoms with van der Waals surface area (Å²) in [5.74, 6) is 2.17. The van der Waals surface area contributed by atoms with E-state index in [1.165, 1.54) is 25.7 Å². The average Bonchev–Trinajstić information content (AvgIpc) is 3.22. The van der Waals surface area contributed by atoms with Crippen LogP contribution in [0.4, 0.5) is 0 Å². The van der Waals surface area contributed by atoms with E-state index in [9.17, 15) is 4.79 Å². The molecule has 1 saturated heterocycles. The lowest BCUT2D eigenvalue weighted by molar-refractivity contribution is -0.119. The monoisotopic (exact) mass is 280 g/mol. The van der Waals surface area contributed by atoms with Gasteiger partial charge in [-0.05, 0) is 37.5 Å². The summed E-state index contributed by atoms with van der Waals surface area (Å²) in [6.45, 7) is 2.92. The highest BCUT2D eigenvalue weighted by molar-refractivity contribution is 5.80. The Morgan fingerprint density at radius 3 is 2.80 bits per heavy atom. The summed E-state index contributed by atoms with van der Waals surface area (Å²) in [6, 6.07) is 0. The van der Waals surface area contributed by atoms with Gasteiger partial charge in [-0.15, -0.1) is 0 Å². The SMILES string of the molecule is CN=C(NCCCC1CC1)N1CCCC(CC(N)=O)C1. The number of aliphatic imine (C=N–C) groups is 1. The third-order valence-corrected chi connectivity index (χ3v) is 4.29. The lowest BCUT2D eigenvalue weighted by atomic mass is 9.95. The summed E-state index contributed by atoms with van der Waals surface area (Å²) >= 11 is 0. The Labute approximate surface area is 122 Å². The number of nitrogens with one attached hydrogen (secondary N) is 1. The zero-order valence-corrected chi connectivity index (χ0v) is 12.6. The Bertz CT molecular complexity index is 352. The standard InChI is InChI=1S/C15H28N4O/c1-17-15(18-8-2-4-12-6-7-12)19-9-3-5-13(11-19)10-14(16)20/h12-13H,2-11H2,1H3,(H2,16,20)(H,17,18). The molecule has 2 rings (SSSR count). The molecular formula is C15H28N4O. The van der Waals surface area contributed by atoms with Gasteiger partial charge < -0.3 is 16.0 Å². The Balaban J connectivity index is 1.72. The van der Waals surface area contributed by atoms with Gasteiger partial charge in [-0.2, -0.15) is 0 Å². The van der Waals surface area contributed by atoms with Crippen LogP contribution in [0.3, 0.4) is 0 Å². The van der Waals surface area contributed by atoms with Gasteiger partial charge in [0.25, 0.3) is 0 Å². The normalized spacial score (nSPS) is 23.8. The van der Waals surface area contributed by atoms with E-state index in [4.69, 9.17) is 5.73 Å². The molecule has 1 heterocycles. The molecule has 1 saturated carbocycles. The fourth-order valence-corrected chi connectivity index (χ4v) is 3.04. The highest BCUT2D eigenvalue weighted by Gasteiger charge is 2.24. The molecule has 114 valence electrons. The summed E-state index contributed by atoms with van der Waals surface area (Å²) in [5.41, 5.74) is 5.31. The number of piperidine rings is 1. The van der Waals surface area contributed by atoms with Gasteiger partial charge in [0, 0.05) is 33.1 Å². The van der Waals surface area contributed by atoms with Crippen molar-refractivity contribution in [3.05, 3.63) is 0 Å². The molecule has 1 amide bonds. The number of rotatable bonds is 6. The van der Waals surface area contributed by atoms with E-state index >= 15 is 0 Å². The van der Waals surface area contributed by atoms with Crippen molar-refractivity contribution in [3.63, 3.8) is 0 Å². The number of hydrogen-bond acceptors (Lipinski definition) is 2. The number of carbonyl (C=O) groups is 1. The van der Waals surface area contributed by atoms with Crippen molar-refractivity contribution in [2.24, 2.45) is 22.6 Å². The van der Waals surface area contributed by atoms with Crippen LogP contribution in [0.25, 0.3) is 0 Å². The highest BCUT2D eigenvalue weighted by Crippen LogP contribution is 2.33. The lowest BCUT2D eigenvalue weighted by Gasteiger charge is -2.34. The summed E-state index contributed by atoms with van der Waals surface area (Å²) in [5, 5.41) is 3.46. The number of nitrogens with zero attached hydrogens (tertiary/aromatic N) is 2. The topological polar surface area (TPSA) is 70.7 Å². The van der Waals surface area contributed by atoms with Crippen LogP contribution in [0.2, 0.25) is 0 Å². The van der Waals surface area contributed by atoms with Crippen LogP contribution in [0.15, 0.2) is 4.99 Å². The average molecular weight is 280 g/mol. The molecule has 0 radical (unpaired) electrons. The van der Waals surface area contributed by atoms with Gasteiger partial charge in [0.15, 0.2) is 5.96 Å². The maximum Gasteiger partial charge on any atom is 0.217 e. The molecule has 3 N–H and O–H groups in total. The largest absolute Gasteiger partial charge is 0.370 e. The smallest absolute Gasteiger partial charge is 0.217 e. The molecule has 0 aromatic rings. The number of guanidine groups is 1. The van der Waals surface area contributed by atoms with E-state index < -0.39 is 0 Å². The summed E-state index contributed by atoms with van der Waals surface area (Å²) in [6.07, 6.45) is 8.12. The molecule has 5 heteroatoms. The van der Waals surface area contributed by atoms with Gasteiger partial charge in [0.2, 0.25) is 5.91 Å². The van der Waals surface area contributed by atoms with Crippen LogP contribution < -0.4 is 11.1 Å². The number of nitrogens with two attached hydrogens (primary N) is 1. The molecule has 1 atom stereocenters. The predicted octanol–water partition coefficient (Wildman–Crippen LogP) is 1.34. The van der Waals surface area contributed by atoms with Gasteiger partial charge in [0.1, 0.15) is 0 Å². The van der Waals surface area contributed by atoms with Crippen molar-refractivity contribution < 1.29 is 4.79 Å². The van der Waals surface area contributed by atoms with Crippen LogP contribution >= 0.6 is 0 Å². The second-order valence-corrected chi connectivity index (χ2v) is 6.18. The van der Waals surface area contributed by atoms with Crippen LogP contribution in [0, 0.1) is 11.8 Å². The minimum absolute atomic E-state index is 0.191. The first-order valence-corrected chi connectivity index (χ1v) is 7.93. The van der Waals surface area contributed by atoms with E-state index in [-0.39, 0.29) is 5.91 Å². The van der Waals surface area contributed by atoms with E-state index in [1.54, 1.807) is 0 Å². The van der Waals surface area contributed by atoms with Gasteiger partial charge in [-0.3, -0.25) is 9.79 Å². The second kappa shape index (κ2) is 7.50. The molecule has 20 heavy (non-hydrogen) atoms. The third kappa shape index (κ3) is 5.02. The van der Waals surface area contributed by atoms with Crippen molar-refractivity contribution in [2.45, 2.75) is 44.9 Å². The molecule has 5 nitrogen and oxygen atoms in total. The van der Waals surface area contributed by atoms with Crippen molar-refractivity contribution >= 4 is 11.9 Å². The zero-order valence-electron chi connectivity index (χ0n) is 12.6. The van der Waals surface area contributed by atoms with E-state index in [0.29, 0.717) is 12.3 Å². The minimum atomic E-state index is -0.191. The second-order valence-electron chi connectivity index (χ2n) is 6.18. The first kappa shape index (κ1) is 15.1. The van der Waals surface area contributed by atoms with Crippen molar-refractivity contribution in [1.29, 1.82) is 0 Å². The molecule has 0 aromatic carbocycles. The number of primary amides is 1. The number of carbonyl (C=O) groups excluding carboxylic acids is 1. The van der Waals surface area contributed by atoms with Gasteiger partial charge in [-0.1, -0.05) is 12.8 Å². The summed E-state index contributed by atoms with van der Waals surface area (Å²) in [4.78, 5) is 17.7. The first-order chi connectivity index (χ1) is 9.69. The number of amides is 1. The maximum absolute atomic E-state index is 11.1. The van der Waals surface area contributed by atoms with E-state index in [2.05, 4.69) is 15.2 Å². The number of hydrogen-bond donors (Lipinski definition) is 2. The van der Waals surface area contributed by atoms with Crippen LogP contribution in [0.5, 0.6) is 0 Å². The van der Waals surface area contributed by atoms with E-state index in [0.717, 1.165) is 44.4 Å². The fraction of sp³-hybridized carbons (Fsp3) is 0.867. The van der Waals surface area contributed by atoms with Crippen LogP contribution in [0.1, 0.15) is 44.9 Å². The molecular weight excluding hydrogens is 252 g/mol. The maximum atomic E-state index is 11.1. The van der Waals surface area contributed by atoms with Crippen LogP contribution in [-0.4, -0.2) is 43.4 Å². The van der Waals surface area contributed by atoms with Crippen molar-refractivity contribution in [1.82, 2.24) is 10.2 Å². The van der Waals surface area contributed by atoms with Gasteiger partial charge in [-0.25, -0.2) is 0 Å². The zero-order chi connectivity index (χ0) is 14.4. The van der Waals surface area contributed by atoms with Gasteiger partial charge in [0.05, 0.1) is 0 Å². The van der Waals surface area contributed by atoms with E-state index in [1.807, 2.05) is 7.05 Å². The molecule has 2 aliphatic rings. The highest BCUT2D eigenvalue weighted by atomic mass is 16.1. The predicted molar refractivity (Wildman–Crippen MR) is 81.4 cm³/mol. The first-order valence-electron chi connectivity index (χ1n) is 7.93.